The zero-order chi connectivity index (χ0) is 12.4. The third-order valence-corrected chi connectivity index (χ3v) is 3.64. The summed E-state index contributed by atoms with van der Waals surface area (Å²) >= 11 is 0. The van der Waals surface area contributed by atoms with E-state index in [1.165, 1.54) is 10.9 Å². The zero-order valence-electron chi connectivity index (χ0n) is 10.3. The van der Waals surface area contributed by atoms with Crippen LogP contribution < -0.4 is 5.32 Å². The first kappa shape index (κ1) is 11.7. The molecule has 0 bridgehead atoms. The van der Waals surface area contributed by atoms with Crippen LogP contribution in [0.15, 0.2) is 30.5 Å². The number of fused-ring (bicyclic) bond motifs is 1. The first-order valence-corrected chi connectivity index (χ1v) is 6.27. The van der Waals surface area contributed by atoms with Crippen LogP contribution in [0.2, 0.25) is 0 Å². The molecule has 0 unspecified atom stereocenters. The molecule has 3 rings (SSSR count). The third kappa shape index (κ3) is 2.03. The second-order valence-corrected chi connectivity index (χ2v) is 5.11. The Kier molecular flexibility index (Phi) is 3.07. The van der Waals surface area contributed by atoms with Gasteiger partial charge in [0.1, 0.15) is 0 Å². The van der Waals surface area contributed by atoms with Crippen LogP contribution in [0.1, 0.15) is 5.56 Å². The van der Waals surface area contributed by atoms with Crippen molar-refractivity contribution in [3.63, 3.8) is 0 Å². The van der Waals surface area contributed by atoms with Gasteiger partial charge in [-0.25, -0.2) is 0 Å². The van der Waals surface area contributed by atoms with Crippen molar-refractivity contribution in [1.29, 1.82) is 0 Å². The Bertz CT molecular complexity index is 526. The van der Waals surface area contributed by atoms with E-state index in [1.54, 1.807) is 0 Å². The molecule has 2 heterocycles. The van der Waals surface area contributed by atoms with Crippen molar-refractivity contribution in [2.45, 2.75) is 6.54 Å². The summed E-state index contributed by atoms with van der Waals surface area (Å²) in [6.45, 7) is 3.11. The van der Waals surface area contributed by atoms with Crippen LogP contribution in [0.25, 0.3) is 10.9 Å². The SMILES string of the molecule is OCC1(CNCc2c[nH]c3ccccc23)COC1. The fourth-order valence-corrected chi connectivity index (χ4v) is 2.38. The molecule has 0 spiro atoms. The maximum absolute atomic E-state index is 9.34. The average molecular weight is 246 g/mol. The molecule has 0 aliphatic carbocycles. The van der Waals surface area contributed by atoms with E-state index in [2.05, 4.69) is 28.5 Å². The quantitative estimate of drug-likeness (QED) is 0.744. The first-order chi connectivity index (χ1) is 8.83. The van der Waals surface area contributed by atoms with Crippen LogP contribution in [0.5, 0.6) is 0 Å². The predicted octanol–water partition coefficient (Wildman–Crippen LogP) is 1.27. The van der Waals surface area contributed by atoms with Crippen LogP contribution in [-0.4, -0.2) is 36.5 Å². The highest BCUT2D eigenvalue weighted by atomic mass is 16.5. The lowest BCUT2D eigenvalue weighted by Crippen LogP contribution is -2.52. The molecule has 0 amide bonds. The number of aromatic amines is 1. The molecule has 2 aromatic rings. The third-order valence-electron chi connectivity index (χ3n) is 3.64. The topological polar surface area (TPSA) is 57.3 Å². The molecule has 3 N–H and O–H groups in total. The largest absolute Gasteiger partial charge is 0.396 e. The van der Waals surface area contributed by atoms with Crippen molar-refractivity contribution in [3.8, 4) is 0 Å². The number of ether oxygens (including phenoxy) is 1. The number of para-hydroxylation sites is 1. The molecule has 0 atom stereocenters. The summed E-state index contributed by atoms with van der Waals surface area (Å²) in [4.78, 5) is 3.26. The average Bonchev–Trinajstić information content (AvgIpc) is 2.76. The van der Waals surface area contributed by atoms with E-state index in [0.29, 0.717) is 13.2 Å². The molecule has 1 aliphatic rings. The highest BCUT2D eigenvalue weighted by molar-refractivity contribution is 5.82. The number of nitrogens with one attached hydrogen (secondary N) is 2. The number of aromatic nitrogens is 1. The van der Waals surface area contributed by atoms with Gasteiger partial charge in [0, 0.05) is 30.2 Å². The van der Waals surface area contributed by atoms with E-state index in [9.17, 15) is 5.11 Å². The molecule has 1 fully saturated rings. The summed E-state index contributed by atoms with van der Waals surface area (Å²) in [6, 6.07) is 8.28. The summed E-state index contributed by atoms with van der Waals surface area (Å²) in [5.41, 5.74) is 2.36. The van der Waals surface area contributed by atoms with Gasteiger partial charge in [0.25, 0.3) is 0 Å². The first-order valence-electron chi connectivity index (χ1n) is 6.27. The van der Waals surface area contributed by atoms with Crippen LogP contribution in [0.4, 0.5) is 0 Å². The van der Waals surface area contributed by atoms with Crippen molar-refractivity contribution in [1.82, 2.24) is 10.3 Å². The number of hydrogen-bond donors (Lipinski definition) is 3. The van der Waals surface area contributed by atoms with E-state index in [1.807, 2.05) is 12.3 Å². The smallest absolute Gasteiger partial charge is 0.0579 e. The van der Waals surface area contributed by atoms with Crippen molar-refractivity contribution in [3.05, 3.63) is 36.0 Å². The Morgan fingerprint density at radius 2 is 2.17 bits per heavy atom. The van der Waals surface area contributed by atoms with Crippen molar-refractivity contribution in [2.24, 2.45) is 5.41 Å². The Morgan fingerprint density at radius 3 is 2.89 bits per heavy atom. The van der Waals surface area contributed by atoms with Gasteiger partial charge >= 0.3 is 0 Å². The van der Waals surface area contributed by atoms with Gasteiger partial charge in [-0.2, -0.15) is 0 Å². The van der Waals surface area contributed by atoms with Gasteiger partial charge in [0.05, 0.1) is 25.2 Å². The summed E-state index contributed by atoms with van der Waals surface area (Å²) < 4.78 is 5.18. The van der Waals surface area contributed by atoms with Crippen LogP contribution in [-0.2, 0) is 11.3 Å². The molecule has 1 aliphatic heterocycles. The van der Waals surface area contributed by atoms with Gasteiger partial charge in [0.15, 0.2) is 0 Å². The van der Waals surface area contributed by atoms with Crippen LogP contribution in [0, 0.1) is 5.41 Å². The molecule has 0 saturated carbocycles. The number of aliphatic hydroxyl groups excluding tert-OH is 1. The number of hydrogen-bond acceptors (Lipinski definition) is 3. The standard InChI is InChI=1S/C14H18N2O2/c17-8-14(9-18-10-14)7-15-5-11-6-16-13-4-2-1-3-12(11)13/h1-4,6,15-17H,5,7-10H2. The summed E-state index contributed by atoms with van der Waals surface area (Å²) in [6.07, 6.45) is 2.04. The van der Waals surface area contributed by atoms with Gasteiger partial charge in [-0.1, -0.05) is 18.2 Å². The van der Waals surface area contributed by atoms with E-state index in [0.717, 1.165) is 18.6 Å². The predicted molar refractivity (Wildman–Crippen MR) is 70.3 cm³/mol. The fraction of sp³-hybridized carbons (Fsp3) is 0.429. The molecule has 4 heteroatoms. The summed E-state index contributed by atoms with van der Waals surface area (Å²) in [7, 11) is 0. The molecule has 0 radical (unpaired) electrons. The van der Waals surface area contributed by atoms with E-state index >= 15 is 0 Å². The van der Waals surface area contributed by atoms with Crippen molar-refractivity contribution in [2.75, 3.05) is 26.4 Å². The minimum Gasteiger partial charge on any atom is -0.396 e. The minimum atomic E-state index is -0.0634. The van der Waals surface area contributed by atoms with Gasteiger partial charge in [-0.15, -0.1) is 0 Å². The maximum Gasteiger partial charge on any atom is 0.0579 e. The highest BCUT2D eigenvalue weighted by Crippen LogP contribution is 2.26. The summed E-state index contributed by atoms with van der Waals surface area (Å²) in [5, 5.41) is 14.0. The van der Waals surface area contributed by atoms with Crippen molar-refractivity contribution >= 4 is 10.9 Å². The lowest BCUT2D eigenvalue weighted by Gasteiger charge is -2.40. The van der Waals surface area contributed by atoms with Gasteiger partial charge in [-0.05, 0) is 11.6 Å². The molecular formula is C14H18N2O2. The maximum atomic E-state index is 9.34. The second kappa shape index (κ2) is 4.72. The number of rotatable bonds is 5. The Balaban J connectivity index is 1.63. The molecule has 1 aromatic carbocycles. The van der Waals surface area contributed by atoms with E-state index < -0.39 is 0 Å². The highest BCUT2D eigenvalue weighted by Gasteiger charge is 2.37. The Hall–Kier alpha value is -1.36. The van der Waals surface area contributed by atoms with Crippen LogP contribution in [0.3, 0.4) is 0 Å². The molecule has 1 saturated heterocycles. The Labute approximate surface area is 106 Å². The fourth-order valence-electron chi connectivity index (χ4n) is 2.38. The number of H-pyrrole nitrogens is 1. The lowest BCUT2D eigenvalue weighted by molar-refractivity contribution is -0.134. The molecule has 1 aromatic heterocycles. The van der Waals surface area contributed by atoms with Gasteiger partial charge in [-0.3, -0.25) is 0 Å². The lowest BCUT2D eigenvalue weighted by atomic mass is 9.87. The van der Waals surface area contributed by atoms with Crippen molar-refractivity contribution < 1.29 is 9.84 Å². The molecule has 96 valence electrons. The Morgan fingerprint density at radius 1 is 1.33 bits per heavy atom. The normalized spacial score (nSPS) is 17.8. The monoisotopic (exact) mass is 246 g/mol. The van der Waals surface area contributed by atoms with E-state index in [4.69, 9.17) is 4.74 Å². The number of aliphatic hydroxyl groups is 1. The second-order valence-electron chi connectivity index (χ2n) is 5.11. The van der Waals surface area contributed by atoms with E-state index in [-0.39, 0.29) is 12.0 Å². The van der Waals surface area contributed by atoms with Crippen LogP contribution >= 0.6 is 0 Å². The molecular weight excluding hydrogens is 228 g/mol. The van der Waals surface area contributed by atoms with Gasteiger partial charge < -0.3 is 20.1 Å². The molecule has 18 heavy (non-hydrogen) atoms. The van der Waals surface area contributed by atoms with Gasteiger partial charge in [0.2, 0.25) is 0 Å². The minimum absolute atomic E-state index is 0.0634. The number of benzene rings is 1. The zero-order valence-corrected chi connectivity index (χ0v) is 10.3. The summed E-state index contributed by atoms with van der Waals surface area (Å²) in [5.74, 6) is 0. The molecule has 4 nitrogen and oxygen atoms in total.